The van der Waals surface area contributed by atoms with Crippen LogP contribution in [-0.2, 0) is 0 Å². The Balaban J connectivity index is 1.05. The largest absolute Gasteiger partial charge is 0.456 e. The minimum atomic E-state index is 0.892. The van der Waals surface area contributed by atoms with Crippen LogP contribution in [0.15, 0.2) is 223 Å². The first-order valence-electron chi connectivity index (χ1n) is 20.2. The number of anilines is 3. The predicted octanol–water partition coefficient (Wildman–Crippen LogP) is 15.8. The monoisotopic (exact) mass is 752 g/mol. The molecule has 0 aliphatic carbocycles. The lowest BCUT2D eigenvalue weighted by molar-refractivity contribution is 0.669. The SMILES string of the molecule is c1cc(-c2cccc3oc4ccccc4c23)cc(N(c2ccc(-c3ccccc3-n3c4ccccc4c4ccccc43)cc2)c2cc3ccccc3c3ccccc23)c1. The second-order valence-electron chi connectivity index (χ2n) is 15.3. The fraction of sp³-hybridized carbons (Fsp3) is 0. The third kappa shape index (κ3) is 5.29. The Morgan fingerprint density at radius 1 is 0.356 bits per heavy atom. The van der Waals surface area contributed by atoms with Gasteiger partial charge >= 0.3 is 0 Å². The van der Waals surface area contributed by atoms with Crippen LogP contribution in [-0.4, -0.2) is 4.57 Å². The van der Waals surface area contributed by atoms with Gasteiger partial charge in [-0.05, 0) is 93.5 Å². The molecule has 0 atom stereocenters. The quantitative estimate of drug-likeness (QED) is 0.158. The number of nitrogens with zero attached hydrogens (tertiary/aromatic N) is 2. The molecule has 12 rings (SSSR count). The van der Waals surface area contributed by atoms with Crippen molar-refractivity contribution in [2.75, 3.05) is 4.90 Å². The fourth-order valence-corrected chi connectivity index (χ4v) is 9.36. The minimum absolute atomic E-state index is 0.892. The highest BCUT2D eigenvalue weighted by molar-refractivity contribution is 6.16. The van der Waals surface area contributed by atoms with Crippen LogP contribution >= 0.6 is 0 Å². The van der Waals surface area contributed by atoms with Gasteiger partial charge in [0.25, 0.3) is 0 Å². The number of rotatable bonds is 6. The summed E-state index contributed by atoms with van der Waals surface area (Å²) in [7, 11) is 0. The van der Waals surface area contributed by atoms with Crippen LogP contribution in [0.5, 0.6) is 0 Å². The van der Waals surface area contributed by atoms with Crippen molar-refractivity contribution in [3.63, 3.8) is 0 Å². The summed E-state index contributed by atoms with van der Waals surface area (Å²) in [6, 6.07) is 78.8. The molecular weight excluding hydrogens is 717 g/mol. The Kier molecular flexibility index (Phi) is 7.54. The normalized spacial score (nSPS) is 11.7. The van der Waals surface area contributed by atoms with E-state index in [1.54, 1.807) is 0 Å². The number of furan rings is 1. The summed E-state index contributed by atoms with van der Waals surface area (Å²) >= 11 is 0. The molecule has 2 heterocycles. The van der Waals surface area contributed by atoms with E-state index in [-0.39, 0.29) is 0 Å². The number of hydrogen-bond acceptors (Lipinski definition) is 2. The maximum atomic E-state index is 6.33. The van der Waals surface area contributed by atoms with Gasteiger partial charge in [0.05, 0.1) is 22.4 Å². The highest BCUT2D eigenvalue weighted by Crippen LogP contribution is 2.45. The van der Waals surface area contributed by atoms with E-state index < -0.39 is 0 Å². The smallest absolute Gasteiger partial charge is 0.136 e. The van der Waals surface area contributed by atoms with E-state index in [1.165, 1.54) is 48.9 Å². The van der Waals surface area contributed by atoms with Crippen LogP contribution in [0.3, 0.4) is 0 Å². The van der Waals surface area contributed by atoms with E-state index >= 15 is 0 Å². The summed E-state index contributed by atoms with van der Waals surface area (Å²) in [6.07, 6.45) is 0. The molecule has 3 heteroatoms. The highest BCUT2D eigenvalue weighted by atomic mass is 16.3. The predicted molar refractivity (Wildman–Crippen MR) is 249 cm³/mol. The molecule has 0 aliphatic heterocycles. The van der Waals surface area contributed by atoms with E-state index in [2.05, 4.69) is 216 Å². The Hall–Kier alpha value is -7.88. The van der Waals surface area contributed by atoms with Crippen LogP contribution in [0.2, 0.25) is 0 Å². The molecular formula is C56H36N2O. The van der Waals surface area contributed by atoms with Gasteiger partial charge in [-0.1, -0.05) is 158 Å². The Morgan fingerprint density at radius 3 is 1.75 bits per heavy atom. The molecule has 0 N–H and O–H groups in total. The molecule has 2 aromatic heterocycles. The summed E-state index contributed by atoms with van der Waals surface area (Å²) < 4.78 is 8.74. The van der Waals surface area contributed by atoms with E-state index in [4.69, 9.17) is 4.42 Å². The van der Waals surface area contributed by atoms with Gasteiger partial charge < -0.3 is 13.9 Å². The first-order valence-corrected chi connectivity index (χ1v) is 20.2. The second-order valence-corrected chi connectivity index (χ2v) is 15.3. The number of fused-ring (bicyclic) bond motifs is 9. The first-order chi connectivity index (χ1) is 29.3. The summed E-state index contributed by atoms with van der Waals surface area (Å²) in [5.74, 6) is 0. The summed E-state index contributed by atoms with van der Waals surface area (Å²) in [5.41, 5.74) is 13.2. The molecule has 59 heavy (non-hydrogen) atoms. The van der Waals surface area contributed by atoms with E-state index in [1.807, 2.05) is 12.1 Å². The summed E-state index contributed by atoms with van der Waals surface area (Å²) in [5, 5.41) is 9.64. The molecule has 0 unspecified atom stereocenters. The van der Waals surface area contributed by atoms with Gasteiger partial charge in [-0.3, -0.25) is 0 Å². The molecule has 10 aromatic carbocycles. The van der Waals surface area contributed by atoms with Crippen LogP contribution < -0.4 is 4.90 Å². The third-order valence-corrected chi connectivity index (χ3v) is 12.0. The van der Waals surface area contributed by atoms with E-state index in [0.717, 1.165) is 61.4 Å². The second kappa shape index (κ2) is 13.4. The maximum Gasteiger partial charge on any atom is 0.136 e. The van der Waals surface area contributed by atoms with E-state index in [0.29, 0.717) is 0 Å². The summed E-state index contributed by atoms with van der Waals surface area (Å²) in [4.78, 5) is 2.43. The molecule has 0 saturated heterocycles. The summed E-state index contributed by atoms with van der Waals surface area (Å²) in [6.45, 7) is 0. The van der Waals surface area contributed by atoms with Gasteiger partial charge in [0, 0.05) is 43.9 Å². The Labute approximate surface area is 341 Å². The topological polar surface area (TPSA) is 21.3 Å². The van der Waals surface area contributed by atoms with Crippen molar-refractivity contribution in [2.24, 2.45) is 0 Å². The first kappa shape index (κ1) is 33.3. The average Bonchev–Trinajstić information content (AvgIpc) is 3.86. The molecule has 0 bridgehead atoms. The van der Waals surface area contributed by atoms with Crippen LogP contribution in [0.1, 0.15) is 0 Å². The van der Waals surface area contributed by atoms with Crippen LogP contribution in [0.4, 0.5) is 17.1 Å². The molecule has 0 aliphatic rings. The highest BCUT2D eigenvalue weighted by Gasteiger charge is 2.21. The molecule has 0 saturated carbocycles. The van der Waals surface area contributed by atoms with Crippen molar-refractivity contribution in [1.82, 2.24) is 4.57 Å². The molecule has 0 radical (unpaired) electrons. The van der Waals surface area contributed by atoms with Crippen molar-refractivity contribution < 1.29 is 4.42 Å². The lowest BCUT2D eigenvalue weighted by Crippen LogP contribution is -2.11. The zero-order chi connectivity index (χ0) is 38.9. The molecule has 0 fully saturated rings. The lowest BCUT2D eigenvalue weighted by atomic mass is 9.97. The van der Waals surface area contributed by atoms with Crippen LogP contribution in [0, 0.1) is 0 Å². The van der Waals surface area contributed by atoms with Crippen LogP contribution in [0.25, 0.3) is 93.2 Å². The molecule has 276 valence electrons. The maximum absolute atomic E-state index is 6.33. The zero-order valence-corrected chi connectivity index (χ0v) is 32.1. The average molecular weight is 753 g/mol. The third-order valence-electron chi connectivity index (χ3n) is 12.0. The van der Waals surface area contributed by atoms with Gasteiger partial charge in [-0.25, -0.2) is 0 Å². The van der Waals surface area contributed by atoms with Gasteiger partial charge in [0.2, 0.25) is 0 Å². The van der Waals surface area contributed by atoms with Crippen molar-refractivity contribution >= 4 is 82.4 Å². The van der Waals surface area contributed by atoms with Crippen molar-refractivity contribution in [3.05, 3.63) is 218 Å². The number of aromatic nitrogens is 1. The van der Waals surface area contributed by atoms with Gasteiger partial charge in [0.15, 0.2) is 0 Å². The lowest BCUT2D eigenvalue weighted by Gasteiger charge is -2.28. The standard InChI is InChI=1S/C56H36N2O/c1-2-18-42-39(15-1)36-53(46-21-4-3-20-45(42)46)57(41-17-13-16-38(35-41)44-25-14-30-55-56(44)49-24-8-12-29-54(49)59-55)40-33-31-37(32-34-40)43-19-5-9-26-50(43)58-51-27-10-6-22-47(51)48-23-7-11-28-52(48)58/h1-36H. The number of benzene rings is 10. The molecule has 0 amide bonds. The van der Waals surface area contributed by atoms with Crippen molar-refractivity contribution in [3.8, 4) is 27.9 Å². The minimum Gasteiger partial charge on any atom is -0.456 e. The number of para-hydroxylation sites is 4. The Bertz CT molecular complexity index is 3520. The van der Waals surface area contributed by atoms with Gasteiger partial charge in [-0.15, -0.1) is 0 Å². The molecule has 0 spiro atoms. The zero-order valence-electron chi connectivity index (χ0n) is 32.1. The Morgan fingerprint density at radius 2 is 0.949 bits per heavy atom. The van der Waals surface area contributed by atoms with Crippen molar-refractivity contribution in [1.29, 1.82) is 0 Å². The van der Waals surface area contributed by atoms with Crippen molar-refractivity contribution in [2.45, 2.75) is 0 Å². The van der Waals surface area contributed by atoms with E-state index in [9.17, 15) is 0 Å². The molecule has 3 nitrogen and oxygen atoms in total. The fourth-order valence-electron chi connectivity index (χ4n) is 9.36. The number of hydrogen-bond donors (Lipinski definition) is 0. The molecule has 12 aromatic rings. The van der Waals surface area contributed by atoms with Gasteiger partial charge in [-0.2, -0.15) is 0 Å². The van der Waals surface area contributed by atoms with Gasteiger partial charge in [0.1, 0.15) is 11.2 Å².